The second-order valence-corrected chi connectivity index (χ2v) is 6.93. The third-order valence-corrected chi connectivity index (χ3v) is 4.84. The van der Waals surface area contributed by atoms with Gasteiger partial charge in [0.05, 0.1) is 5.39 Å². The predicted octanol–water partition coefficient (Wildman–Crippen LogP) is 4.58. The van der Waals surface area contributed by atoms with Crippen molar-refractivity contribution in [2.75, 3.05) is 19.0 Å². The number of aryl methyl sites for hydroxylation is 1. The molecule has 2 aromatic carbocycles. The molecule has 138 valence electrons. The molecule has 28 heavy (non-hydrogen) atoms. The lowest BCUT2D eigenvalue weighted by atomic mass is 9.99. The van der Waals surface area contributed by atoms with Crippen molar-refractivity contribution >= 4 is 22.7 Å². The first-order valence-corrected chi connectivity index (χ1v) is 9.11. The Morgan fingerprint density at radius 3 is 2.14 bits per heavy atom. The Bertz CT molecular complexity index is 1290. The lowest BCUT2D eigenvalue weighted by molar-refractivity contribution is 0.617. The summed E-state index contributed by atoms with van der Waals surface area (Å²) in [6.45, 7) is 1.93. The van der Waals surface area contributed by atoms with Crippen LogP contribution in [0.3, 0.4) is 0 Å². The zero-order chi connectivity index (χ0) is 19.3. The van der Waals surface area contributed by atoms with Crippen LogP contribution in [0.2, 0.25) is 0 Å². The summed E-state index contributed by atoms with van der Waals surface area (Å²) in [4.78, 5) is 6.75. The average Bonchev–Trinajstić information content (AvgIpc) is 3.29. The van der Waals surface area contributed by atoms with Crippen molar-refractivity contribution in [3.63, 3.8) is 0 Å². The van der Waals surface area contributed by atoms with Gasteiger partial charge in [-0.15, -0.1) is 10.2 Å². The maximum atomic E-state index is 6.33. The summed E-state index contributed by atoms with van der Waals surface area (Å²) in [5.74, 6) is 2.31. The predicted molar refractivity (Wildman–Crippen MR) is 110 cm³/mol. The highest BCUT2D eigenvalue weighted by molar-refractivity contribution is 6.07. The first-order valence-electron chi connectivity index (χ1n) is 9.11. The minimum absolute atomic E-state index is 0.557. The van der Waals surface area contributed by atoms with Gasteiger partial charge < -0.3 is 9.32 Å². The van der Waals surface area contributed by atoms with E-state index in [0.29, 0.717) is 5.71 Å². The van der Waals surface area contributed by atoms with Crippen molar-refractivity contribution in [1.29, 1.82) is 0 Å². The minimum Gasteiger partial charge on any atom is -0.437 e. The Labute approximate surface area is 162 Å². The van der Waals surface area contributed by atoms with Crippen molar-refractivity contribution < 1.29 is 4.42 Å². The number of nitrogens with zero attached hydrogens (tertiary/aromatic N) is 5. The molecule has 5 rings (SSSR count). The fourth-order valence-electron chi connectivity index (χ4n) is 3.58. The van der Waals surface area contributed by atoms with E-state index in [1.54, 1.807) is 0 Å². The largest absolute Gasteiger partial charge is 0.437 e. The molecule has 0 spiro atoms. The zero-order valence-electron chi connectivity index (χ0n) is 15.9. The van der Waals surface area contributed by atoms with Crippen molar-refractivity contribution in [1.82, 2.24) is 19.6 Å². The van der Waals surface area contributed by atoms with Gasteiger partial charge >= 0.3 is 0 Å². The number of benzene rings is 2. The van der Waals surface area contributed by atoms with Gasteiger partial charge in [-0.25, -0.2) is 4.40 Å². The molecule has 6 nitrogen and oxygen atoms in total. The van der Waals surface area contributed by atoms with Crippen LogP contribution in [0.1, 0.15) is 5.82 Å². The summed E-state index contributed by atoms with van der Waals surface area (Å²) in [5, 5.41) is 9.65. The molecule has 0 amide bonds. The van der Waals surface area contributed by atoms with Gasteiger partial charge in [0.25, 0.3) is 0 Å². The second kappa shape index (κ2) is 6.20. The van der Waals surface area contributed by atoms with E-state index in [0.717, 1.165) is 45.3 Å². The van der Waals surface area contributed by atoms with Crippen molar-refractivity contribution in [2.45, 2.75) is 6.92 Å². The monoisotopic (exact) mass is 369 g/mol. The van der Waals surface area contributed by atoms with Crippen LogP contribution in [0.4, 0.5) is 5.95 Å². The van der Waals surface area contributed by atoms with Gasteiger partial charge in [0, 0.05) is 25.2 Å². The Morgan fingerprint density at radius 1 is 0.857 bits per heavy atom. The van der Waals surface area contributed by atoms with Crippen LogP contribution in [0.5, 0.6) is 0 Å². The molecule has 0 aliphatic carbocycles. The van der Waals surface area contributed by atoms with Gasteiger partial charge in [-0.3, -0.25) is 0 Å². The van der Waals surface area contributed by atoms with E-state index in [9.17, 15) is 0 Å². The van der Waals surface area contributed by atoms with E-state index in [1.165, 1.54) is 0 Å². The lowest BCUT2D eigenvalue weighted by Gasteiger charge is -2.13. The van der Waals surface area contributed by atoms with Gasteiger partial charge in [-0.1, -0.05) is 60.7 Å². The number of aromatic nitrogens is 4. The standard InChI is InChI=1S/C22H19N5O/c1-14-24-25-20-18-17(15-10-6-4-7-11-15)19(16-12-8-5-9-13-16)28-21(18)23-22(26(2)3)27(14)20/h4-13H,1-3H3. The third kappa shape index (κ3) is 2.38. The molecule has 0 saturated heterocycles. The molecule has 0 unspecified atom stereocenters. The highest BCUT2D eigenvalue weighted by atomic mass is 16.3. The SMILES string of the molecule is Cc1nnc2c3c(-c4ccccc4)c(-c4ccccc4)oc3nc(N(C)C)n12. The molecule has 5 aromatic rings. The van der Waals surface area contributed by atoms with E-state index in [-0.39, 0.29) is 0 Å². The number of hydrogen-bond acceptors (Lipinski definition) is 5. The van der Waals surface area contributed by atoms with E-state index < -0.39 is 0 Å². The summed E-state index contributed by atoms with van der Waals surface area (Å²) in [6, 6.07) is 20.3. The summed E-state index contributed by atoms with van der Waals surface area (Å²) in [7, 11) is 3.90. The fraction of sp³-hybridized carbons (Fsp3) is 0.136. The lowest BCUT2D eigenvalue weighted by Crippen LogP contribution is -2.15. The quantitative estimate of drug-likeness (QED) is 0.466. The van der Waals surface area contributed by atoms with Crippen LogP contribution in [-0.2, 0) is 0 Å². The van der Waals surface area contributed by atoms with Crippen molar-refractivity contribution in [3.8, 4) is 22.5 Å². The number of rotatable bonds is 3. The number of anilines is 1. The minimum atomic E-state index is 0.557. The molecular formula is C22H19N5O. The van der Waals surface area contributed by atoms with Gasteiger partial charge in [0.2, 0.25) is 11.7 Å². The molecule has 0 atom stereocenters. The molecule has 0 aliphatic heterocycles. The van der Waals surface area contributed by atoms with Crippen LogP contribution >= 0.6 is 0 Å². The van der Waals surface area contributed by atoms with E-state index in [2.05, 4.69) is 22.3 Å². The number of hydrogen-bond donors (Lipinski definition) is 0. The van der Waals surface area contributed by atoms with Gasteiger partial charge in [0.1, 0.15) is 11.6 Å². The van der Waals surface area contributed by atoms with E-state index in [4.69, 9.17) is 9.40 Å². The molecule has 0 bridgehead atoms. The Balaban J connectivity index is 1.97. The molecule has 0 saturated carbocycles. The molecular weight excluding hydrogens is 350 g/mol. The van der Waals surface area contributed by atoms with Crippen LogP contribution in [0.15, 0.2) is 65.1 Å². The first-order chi connectivity index (χ1) is 13.6. The zero-order valence-corrected chi connectivity index (χ0v) is 15.9. The first kappa shape index (κ1) is 16.5. The Kier molecular flexibility index (Phi) is 3.65. The summed E-state index contributed by atoms with van der Waals surface area (Å²) in [6.07, 6.45) is 0. The van der Waals surface area contributed by atoms with Crippen molar-refractivity contribution in [3.05, 3.63) is 66.5 Å². The number of fused-ring (bicyclic) bond motifs is 3. The van der Waals surface area contributed by atoms with Crippen LogP contribution < -0.4 is 4.90 Å². The molecule has 3 heterocycles. The molecule has 0 aliphatic rings. The smallest absolute Gasteiger partial charge is 0.234 e. The highest BCUT2D eigenvalue weighted by Crippen LogP contribution is 2.42. The van der Waals surface area contributed by atoms with Crippen LogP contribution in [0, 0.1) is 6.92 Å². The summed E-state index contributed by atoms with van der Waals surface area (Å²) in [5.41, 5.74) is 4.34. The molecule has 0 radical (unpaired) electrons. The maximum absolute atomic E-state index is 6.33. The normalized spacial score (nSPS) is 11.4. The van der Waals surface area contributed by atoms with Crippen molar-refractivity contribution in [2.24, 2.45) is 0 Å². The van der Waals surface area contributed by atoms with E-state index in [1.807, 2.05) is 78.9 Å². The average molecular weight is 369 g/mol. The maximum Gasteiger partial charge on any atom is 0.234 e. The molecule has 0 N–H and O–H groups in total. The topological polar surface area (TPSA) is 59.5 Å². The second-order valence-electron chi connectivity index (χ2n) is 6.93. The Hall–Kier alpha value is -3.67. The molecule has 6 heteroatoms. The van der Waals surface area contributed by atoms with Crippen LogP contribution in [-0.4, -0.2) is 33.7 Å². The van der Waals surface area contributed by atoms with E-state index >= 15 is 0 Å². The molecule has 3 aromatic heterocycles. The summed E-state index contributed by atoms with van der Waals surface area (Å²) < 4.78 is 8.30. The van der Waals surface area contributed by atoms with Crippen LogP contribution in [0.25, 0.3) is 39.2 Å². The fourth-order valence-corrected chi connectivity index (χ4v) is 3.58. The highest BCUT2D eigenvalue weighted by Gasteiger charge is 2.25. The van der Waals surface area contributed by atoms with Gasteiger partial charge in [-0.2, -0.15) is 4.98 Å². The summed E-state index contributed by atoms with van der Waals surface area (Å²) >= 11 is 0. The van der Waals surface area contributed by atoms with Gasteiger partial charge in [-0.05, 0) is 12.5 Å². The Morgan fingerprint density at radius 2 is 1.50 bits per heavy atom. The molecule has 0 fully saturated rings. The third-order valence-electron chi connectivity index (χ3n) is 4.84. The van der Waals surface area contributed by atoms with Gasteiger partial charge in [0.15, 0.2) is 5.65 Å². The number of furan rings is 1.